The lowest BCUT2D eigenvalue weighted by Crippen LogP contribution is -2.30. The minimum atomic E-state index is -3.78. The average molecular weight is 461 g/mol. The first kappa shape index (κ1) is 22.5. The zero-order valence-corrected chi connectivity index (χ0v) is 18.4. The highest BCUT2D eigenvalue weighted by Gasteiger charge is 2.18. The largest absolute Gasteiger partial charge is 0.497 e. The van der Waals surface area contributed by atoms with E-state index < -0.39 is 22.0 Å². The van der Waals surface area contributed by atoms with E-state index in [1.165, 1.54) is 31.4 Å². The van der Waals surface area contributed by atoms with Crippen LogP contribution < -0.4 is 19.5 Å². The van der Waals surface area contributed by atoms with Crippen molar-refractivity contribution in [2.75, 3.05) is 17.1 Å². The van der Waals surface area contributed by atoms with Crippen LogP contribution in [0.1, 0.15) is 6.92 Å². The van der Waals surface area contributed by atoms with Crippen molar-refractivity contribution < 1.29 is 22.7 Å². The van der Waals surface area contributed by atoms with Crippen molar-refractivity contribution in [3.8, 4) is 11.5 Å². The zero-order valence-electron chi connectivity index (χ0n) is 16.8. The van der Waals surface area contributed by atoms with Crippen LogP contribution in [0.3, 0.4) is 0 Å². The number of hydrogen-bond donors (Lipinski definition) is 2. The van der Waals surface area contributed by atoms with Crippen LogP contribution in [0.15, 0.2) is 77.7 Å². The monoisotopic (exact) mass is 460 g/mol. The number of sulfonamides is 1. The Morgan fingerprint density at radius 2 is 1.55 bits per heavy atom. The van der Waals surface area contributed by atoms with Gasteiger partial charge in [-0.2, -0.15) is 0 Å². The molecule has 0 radical (unpaired) electrons. The minimum absolute atomic E-state index is 0.0571. The van der Waals surface area contributed by atoms with Crippen LogP contribution in [-0.4, -0.2) is 27.5 Å². The van der Waals surface area contributed by atoms with Gasteiger partial charge in [-0.15, -0.1) is 0 Å². The number of ether oxygens (including phenoxy) is 2. The maximum Gasteiger partial charge on any atom is 0.265 e. The van der Waals surface area contributed by atoms with Crippen molar-refractivity contribution in [2.45, 2.75) is 17.9 Å². The summed E-state index contributed by atoms with van der Waals surface area (Å²) in [5, 5.41) is 3.09. The predicted molar refractivity (Wildman–Crippen MR) is 120 cm³/mol. The second kappa shape index (κ2) is 9.72. The number of benzene rings is 3. The van der Waals surface area contributed by atoms with E-state index in [2.05, 4.69) is 10.0 Å². The van der Waals surface area contributed by atoms with Gasteiger partial charge in [0.15, 0.2) is 6.10 Å². The Labute approximate surface area is 186 Å². The first-order valence-corrected chi connectivity index (χ1v) is 11.1. The van der Waals surface area contributed by atoms with E-state index in [0.717, 1.165) is 0 Å². The number of halogens is 1. The summed E-state index contributed by atoms with van der Waals surface area (Å²) in [7, 11) is -2.25. The fourth-order valence-corrected chi connectivity index (χ4v) is 3.86. The third kappa shape index (κ3) is 5.90. The van der Waals surface area contributed by atoms with Crippen LogP contribution in [-0.2, 0) is 14.8 Å². The Morgan fingerprint density at radius 1 is 0.935 bits per heavy atom. The molecule has 9 heteroatoms. The number of hydrogen-bond acceptors (Lipinski definition) is 5. The van der Waals surface area contributed by atoms with Crippen LogP contribution in [0.25, 0.3) is 0 Å². The first-order chi connectivity index (χ1) is 14.8. The van der Waals surface area contributed by atoms with Crippen LogP contribution in [0.5, 0.6) is 11.5 Å². The molecule has 0 fully saturated rings. The van der Waals surface area contributed by atoms with Crippen molar-refractivity contribution in [2.24, 2.45) is 0 Å². The Kier molecular flexibility index (Phi) is 7.04. The van der Waals surface area contributed by atoms with Gasteiger partial charge in [0.2, 0.25) is 0 Å². The molecule has 0 saturated carbocycles. The zero-order chi connectivity index (χ0) is 22.4. The molecule has 1 amide bonds. The molecular weight excluding hydrogens is 440 g/mol. The number of para-hydroxylation sites is 1. The van der Waals surface area contributed by atoms with E-state index in [4.69, 9.17) is 21.1 Å². The summed E-state index contributed by atoms with van der Waals surface area (Å²) in [6.07, 6.45) is -0.806. The lowest BCUT2D eigenvalue weighted by atomic mass is 10.3. The smallest absolute Gasteiger partial charge is 0.265 e. The fourth-order valence-electron chi connectivity index (χ4n) is 2.62. The Hall–Kier alpha value is -3.23. The summed E-state index contributed by atoms with van der Waals surface area (Å²) in [4.78, 5) is 12.4. The maximum absolute atomic E-state index is 12.6. The summed E-state index contributed by atoms with van der Waals surface area (Å²) in [6.45, 7) is 1.59. The molecule has 0 saturated heterocycles. The van der Waals surface area contributed by atoms with Crippen molar-refractivity contribution >= 4 is 38.9 Å². The van der Waals surface area contributed by atoms with Crippen molar-refractivity contribution in [1.29, 1.82) is 0 Å². The molecule has 162 valence electrons. The van der Waals surface area contributed by atoms with Gasteiger partial charge in [-0.3, -0.25) is 9.52 Å². The second-order valence-corrected chi connectivity index (χ2v) is 8.63. The summed E-state index contributed by atoms with van der Waals surface area (Å²) < 4.78 is 38.3. The Bertz CT molecular complexity index is 1150. The number of amides is 1. The van der Waals surface area contributed by atoms with Crippen molar-refractivity contribution in [3.63, 3.8) is 0 Å². The lowest BCUT2D eigenvalue weighted by Gasteiger charge is -2.16. The van der Waals surface area contributed by atoms with E-state index in [1.54, 1.807) is 55.5 Å². The van der Waals surface area contributed by atoms with E-state index in [1.807, 2.05) is 0 Å². The molecule has 0 heterocycles. The highest BCUT2D eigenvalue weighted by atomic mass is 35.5. The van der Waals surface area contributed by atoms with Gasteiger partial charge in [-0.05, 0) is 67.6 Å². The fraction of sp³-hybridized carbons (Fsp3) is 0.136. The van der Waals surface area contributed by atoms with E-state index >= 15 is 0 Å². The van der Waals surface area contributed by atoms with Crippen LogP contribution in [0.4, 0.5) is 11.4 Å². The average Bonchev–Trinajstić information content (AvgIpc) is 2.76. The minimum Gasteiger partial charge on any atom is -0.497 e. The topological polar surface area (TPSA) is 93.7 Å². The van der Waals surface area contributed by atoms with Gasteiger partial charge in [0, 0.05) is 11.4 Å². The molecule has 3 aromatic carbocycles. The van der Waals surface area contributed by atoms with Crippen LogP contribution >= 0.6 is 11.6 Å². The Morgan fingerprint density at radius 3 is 2.16 bits per heavy atom. The SMILES string of the molecule is COc1ccc(NS(=O)(=O)c2ccc(NC(=O)C(C)Oc3ccccc3Cl)cc2)cc1. The van der Waals surface area contributed by atoms with E-state index in [9.17, 15) is 13.2 Å². The van der Waals surface area contributed by atoms with Gasteiger partial charge >= 0.3 is 0 Å². The maximum atomic E-state index is 12.6. The van der Waals surface area contributed by atoms with Gasteiger partial charge in [0.25, 0.3) is 15.9 Å². The first-order valence-electron chi connectivity index (χ1n) is 9.27. The second-order valence-electron chi connectivity index (χ2n) is 6.54. The summed E-state index contributed by atoms with van der Waals surface area (Å²) in [5.74, 6) is 0.625. The number of rotatable bonds is 8. The van der Waals surface area contributed by atoms with E-state index in [-0.39, 0.29) is 4.90 Å². The van der Waals surface area contributed by atoms with E-state index in [0.29, 0.717) is 27.9 Å². The highest BCUT2D eigenvalue weighted by Crippen LogP contribution is 2.25. The summed E-state index contributed by atoms with van der Waals surface area (Å²) >= 11 is 6.04. The third-order valence-electron chi connectivity index (χ3n) is 4.28. The molecule has 0 aliphatic heterocycles. The predicted octanol–water partition coefficient (Wildman–Crippen LogP) is 4.56. The van der Waals surface area contributed by atoms with Gasteiger partial charge in [-0.1, -0.05) is 23.7 Å². The number of anilines is 2. The number of carbonyl (C=O) groups is 1. The van der Waals surface area contributed by atoms with Crippen LogP contribution in [0, 0.1) is 0 Å². The lowest BCUT2D eigenvalue weighted by molar-refractivity contribution is -0.122. The standard InChI is InChI=1S/C22H21ClN2O5S/c1-15(30-21-6-4-3-5-20(21)23)22(26)24-16-9-13-19(14-10-16)31(27,28)25-17-7-11-18(29-2)12-8-17/h3-15,25H,1-2H3,(H,24,26). The molecule has 0 aliphatic carbocycles. The molecular formula is C22H21ClN2O5S. The van der Waals surface area contributed by atoms with Crippen molar-refractivity contribution in [3.05, 3.63) is 77.8 Å². The summed E-state index contributed by atoms with van der Waals surface area (Å²) in [6, 6.07) is 19.2. The van der Waals surface area contributed by atoms with Gasteiger partial charge in [0.05, 0.1) is 17.0 Å². The van der Waals surface area contributed by atoms with Crippen LogP contribution in [0.2, 0.25) is 5.02 Å². The molecule has 7 nitrogen and oxygen atoms in total. The molecule has 0 bridgehead atoms. The quantitative estimate of drug-likeness (QED) is 0.514. The molecule has 0 aromatic heterocycles. The molecule has 0 aliphatic rings. The molecule has 2 N–H and O–H groups in total. The number of carbonyl (C=O) groups excluding carboxylic acids is 1. The molecule has 3 rings (SSSR count). The van der Waals surface area contributed by atoms with Gasteiger partial charge < -0.3 is 14.8 Å². The highest BCUT2D eigenvalue weighted by molar-refractivity contribution is 7.92. The van der Waals surface area contributed by atoms with Crippen molar-refractivity contribution in [1.82, 2.24) is 0 Å². The molecule has 3 aromatic rings. The van der Waals surface area contributed by atoms with Gasteiger partial charge in [0.1, 0.15) is 11.5 Å². The molecule has 31 heavy (non-hydrogen) atoms. The number of methoxy groups -OCH3 is 1. The number of nitrogens with one attached hydrogen (secondary N) is 2. The van der Waals surface area contributed by atoms with Gasteiger partial charge in [-0.25, -0.2) is 8.42 Å². The normalized spacial score (nSPS) is 12.0. The molecule has 1 unspecified atom stereocenters. The molecule has 1 atom stereocenters. The Balaban J connectivity index is 1.63. The molecule has 0 spiro atoms. The summed E-state index contributed by atoms with van der Waals surface area (Å²) in [5.41, 5.74) is 0.840. The third-order valence-corrected chi connectivity index (χ3v) is 5.99.